The second-order valence-electron chi connectivity index (χ2n) is 8.61. The van der Waals surface area contributed by atoms with Gasteiger partial charge in [0.1, 0.15) is 0 Å². The number of hydrogen-bond acceptors (Lipinski definition) is 3. The van der Waals surface area contributed by atoms with Crippen molar-refractivity contribution in [1.82, 2.24) is 10.2 Å². The van der Waals surface area contributed by atoms with E-state index in [0.717, 1.165) is 50.6 Å². The minimum atomic E-state index is 0.119. The molecule has 0 radical (unpaired) electrons. The van der Waals surface area contributed by atoms with Gasteiger partial charge >= 0.3 is 0 Å². The first-order valence-corrected chi connectivity index (χ1v) is 11.6. The monoisotopic (exact) mass is 425 g/mol. The Bertz CT molecular complexity index is 825. The lowest BCUT2D eigenvalue weighted by Crippen LogP contribution is -2.40. The Morgan fingerprint density at radius 3 is 2.37 bits per heavy atom. The zero-order valence-electron chi connectivity index (χ0n) is 17.7. The molecule has 2 fully saturated rings. The third-order valence-corrected chi connectivity index (χ3v) is 6.61. The van der Waals surface area contributed by atoms with Crippen molar-refractivity contribution in [1.29, 1.82) is 0 Å². The number of halogens is 1. The van der Waals surface area contributed by atoms with Gasteiger partial charge in [0.05, 0.1) is 0 Å². The fourth-order valence-corrected chi connectivity index (χ4v) is 4.77. The minimum Gasteiger partial charge on any atom is -0.372 e. The summed E-state index contributed by atoms with van der Waals surface area (Å²) in [7, 11) is 0. The summed E-state index contributed by atoms with van der Waals surface area (Å²) in [5.41, 5.74) is 3.71. The Morgan fingerprint density at radius 1 is 0.933 bits per heavy atom. The van der Waals surface area contributed by atoms with E-state index in [4.69, 9.17) is 11.6 Å². The SMILES string of the molecule is O=C(NCc1ccc(N2CCCCC2)cc1)C1CCN(Cc2cccc(Cl)c2)CC1. The number of rotatable bonds is 6. The predicted octanol–water partition coefficient (Wildman–Crippen LogP) is 4.86. The van der Waals surface area contributed by atoms with Gasteiger partial charge in [-0.25, -0.2) is 0 Å². The zero-order valence-corrected chi connectivity index (χ0v) is 18.4. The number of likely N-dealkylation sites (tertiary alicyclic amines) is 1. The largest absolute Gasteiger partial charge is 0.372 e. The second-order valence-corrected chi connectivity index (χ2v) is 9.05. The molecule has 0 bridgehead atoms. The van der Waals surface area contributed by atoms with Crippen LogP contribution in [0.4, 0.5) is 5.69 Å². The standard InChI is InChI=1S/C25H32ClN3O/c26-23-6-4-5-21(17-23)19-28-15-11-22(12-16-28)25(30)27-18-20-7-9-24(10-8-20)29-13-2-1-3-14-29/h4-10,17,22H,1-3,11-16,18-19H2,(H,27,30). The lowest BCUT2D eigenvalue weighted by atomic mass is 9.95. The predicted molar refractivity (Wildman–Crippen MR) is 124 cm³/mol. The summed E-state index contributed by atoms with van der Waals surface area (Å²) in [4.78, 5) is 17.5. The number of nitrogens with one attached hydrogen (secondary N) is 1. The molecule has 2 heterocycles. The molecule has 2 aromatic rings. The van der Waals surface area contributed by atoms with Crippen LogP contribution in [0.5, 0.6) is 0 Å². The molecule has 160 valence electrons. The molecular weight excluding hydrogens is 394 g/mol. The highest BCUT2D eigenvalue weighted by molar-refractivity contribution is 6.30. The van der Waals surface area contributed by atoms with Crippen LogP contribution in [0.3, 0.4) is 0 Å². The van der Waals surface area contributed by atoms with Gasteiger partial charge in [-0.1, -0.05) is 35.9 Å². The Morgan fingerprint density at radius 2 is 1.67 bits per heavy atom. The van der Waals surface area contributed by atoms with E-state index in [-0.39, 0.29) is 11.8 Å². The molecule has 0 unspecified atom stereocenters. The second kappa shape index (κ2) is 10.3. The normalized spacial score (nSPS) is 18.4. The first-order valence-electron chi connectivity index (χ1n) is 11.3. The Labute approximate surface area is 185 Å². The maximum Gasteiger partial charge on any atom is 0.223 e. The molecule has 1 N–H and O–H groups in total. The molecule has 0 saturated carbocycles. The summed E-state index contributed by atoms with van der Waals surface area (Å²) >= 11 is 6.09. The van der Waals surface area contributed by atoms with Crippen LogP contribution < -0.4 is 10.2 Å². The van der Waals surface area contributed by atoms with Crippen molar-refractivity contribution in [3.8, 4) is 0 Å². The van der Waals surface area contributed by atoms with Crippen molar-refractivity contribution in [2.75, 3.05) is 31.1 Å². The van der Waals surface area contributed by atoms with Crippen molar-refractivity contribution in [2.24, 2.45) is 5.92 Å². The molecule has 0 aromatic heterocycles. The van der Waals surface area contributed by atoms with E-state index in [1.54, 1.807) is 0 Å². The quantitative estimate of drug-likeness (QED) is 0.717. The molecule has 2 saturated heterocycles. The van der Waals surface area contributed by atoms with E-state index in [1.807, 2.05) is 18.2 Å². The van der Waals surface area contributed by atoms with Gasteiger partial charge in [-0.05, 0) is 80.6 Å². The van der Waals surface area contributed by atoms with Crippen LogP contribution in [0.1, 0.15) is 43.2 Å². The molecule has 0 aliphatic carbocycles. The number of carbonyl (C=O) groups excluding carboxylic acids is 1. The summed E-state index contributed by atoms with van der Waals surface area (Å²) in [6.45, 7) is 5.74. The molecular formula is C25H32ClN3O. The van der Waals surface area contributed by atoms with Gasteiger partial charge in [0.15, 0.2) is 0 Å². The third-order valence-electron chi connectivity index (χ3n) is 6.38. The van der Waals surface area contributed by atoms with Crippen LogP contribution in [0.2, 0.25) is 5.02 Å². The highest BCUT2D eigenvalue weighted by atomic mass is 35.5. The smallest absolute Gasteiger partial charge is 0.223 e. The van der Waals surface area contributed by atoms with E-state index in [1.165, 1.54) is 36.1 Å². The molecule has 0 spiro atoms. The van der Waals surface area contributed by atoms with Gasteiger partial charge in [0, 0.05) is 42.8 Å². The number of nitrogens with zero attached hydrogens (tertiary/aromatic N) is 2. The molecule has 2 aliphatic heterocycles. The summed E-state index contributed by atoms with van der Waals surface area (Å²) in [6.07, 6.45) is 5.76. The number of benzene rings is 2. The first kappa shape index (κ1) is 21.2. The Balaban J connectivity index is 1.20. The minimum absolute atomic E-state index is 0.119. The van der Waals surface area contributed by atoms with E-state index in [9.17, 15) is 4.79 Å². The molecule has 5 heteroatoms. The van der Waals surface area contributed by atoms with Crippen LogP contribution in [0.25, 0.3) is 0 Å². The molecule has 4 rings (SSSR count). The summed E-state index contributed by atoms with van der Waals surface area (Å²) in [5, 5.41) is 3.93. The molecule has 4 nitrogen and oxygen atoms in total. The number of carbonyl (C=O) groups is 1. The fraction of sp³-hybridized carbons (Fsp3) is 0.480. The summed E-state index contributed by atoms with van der Waals surface area (Å²) in [5.74, 6) is 0.311. The lowest BCUT2D eigenvalue weighted by molar-refractivity contribution is -0.126. The number of anilines is 1. The van der Waals surface area contributed by atoms with Crippen LogP contribution >= 0.6 is 11.6 Å². The van der Waals surface area contributed by atoms with E-state index in [0.29, 0.717) is 6.54 Å². The number of amides is 1. The van der Waals surface area contributed by atoms with Gasteiger partial charge in [-0.15, -0.1) is 0 Å². The average Bonchev–Trinajstić information content (AvgIpc) is 2.79. The van der Waals surface area contributed by atoms with Crippen molar-refractivity contribution in [2.45, 2.75) is 45.2 Å². The van der Waals surface area contributed by atoms with Gasteiger partial charge in [-0.3, -0.25) is 9.69 Å². The van der Waals surface area contributed by atoms with Crippen LogP contribution in [-0.2, 0) is 17.9 Å². The van der Waals surface area contributed by atoms with Crippen molar-refractivity contribution >= 4 is 23.2 Å². The first-order chi connectivity index (χ1) is 14.7. The van der Waals surface area contributed by atoms with Gasteiger partial charge in [0.25, 0.3) is 0 Å². The van der Waals surface area contributed by atoms with Crippen molar-refractivity contribution in [3.05, 3.63) is 64.7 Å². The van der Waals surface area contributed by atoms with Gasteiger partial charge < -0.3 is 10.2 Å². The Kier molecular flexibility index (Phi) is 7.29. The van der Waals surface area contributed by atoms with Crippen LogP contribution in [-0.4, -0.2) is 37.0 Å². The Hall–Kier alpha value is -2.04. The molecule has 1 amide bonds. The van der Waals surface area contributed by atoms with Crippen molar-refractivity contribution in [3.63, 3.8) is 0 Å². The number of hydrogen-bond donors (Lipinski definition) is 1. The maximum absolute atomic E-state index is 12.6. The van der Waals surface area contributed by atoms with E-state index >= 15 is 0 Å². The van der Waals surface area contributed by atoms with E-state index < -0.39 is 0 Å². The summed E-state index contributed by atoms with van der Waals surface area (Å²) < 4.78 is 0. The highest BCUT2D eigenvalue weighted by Crippen LogP contribution is 2.22. The number of piperidine rings is 2. The third kappa shape index (κ3) is 5.77. The summed E-state index contributed by atoms with van der Waals surface area (Å²) in [6, 6.07) is 16.7. The molecule has 2 aliphatic rings. The lowest BCUT2D eigenvalue weighted by Gasteiger charge is -2.31. The average molecular weight is 426 g/mol. The zero-order chi connectivity index (χ0) is 20.8. The van der Waals surface area contributed by atoms with Gasteiger partial charge in [0.2, 0.25) is 5.91 Å². The fourth-order valence-electron chi connectivity index (χ4n) is 4.56. The molecule has 0 atom stereocenters. The molecule has 2 aromatic carbocycles. The van der Waals surface area contributed by atoms with Crippen LogP contribution in [0, 0.1) is 5.92 Å². The maximum atomic E-state index is 12.6. The van der Waals surface area contributed by atoms with E-state index in [2.05, 4.69) is 45.4 Å². The topological polar surface area (TPSA) is 35.6 Å². The van der Waals surface area contributed by atoms with Gasteiger partial charge in [-0.2, -0.15) is 0 Å². The molecule has 30 heavy (non-hydrogen) atoms. The van der Waals surface area contributed by atoms with Crippen molar-refractivity contribution < 1.29 is 4.79 Å². The van der Waals surface area contributed by atoms with Crippen LogP contribution in [0.15, 0.2) is 48.5 Å². The highest BCUT2D eigenvalue weighted by Gasteiger charge is 2.24.